The number of nitrogens with two attached hydrogens (primary N) is 1. The number of anilines is 1. The fraction of sp³-hybridized carbons (Fsp3) is 0.364. The fourth-order valence-electron chi connectivity index (χ4n) is 1.67. The molecule has 0 aromatic carbocycles. The average molecular weight is 381 g/mol. The van der Waals surface area contributed by atoms with E-state index in [9.17, 15) is 19.5 Å². The van der Waals surface area contributed by atoms with Crippen LogP contribution in [0.25, 0.3) is 0 Å². The van der Waals surface area contributed by atoms with Crippen LogP contribution in [0, 0.1) is 0 Å². The number of carboxylic acids is 1. The van der Waals surface area contributed by atoms with Crippen molar-refractivity contribution in [3.05, 3.63) is 11.1 Å². The molecule has 0 radical (unpaired) electrons. The number of thiazole rings is 1. The summed E-state index contributed by atoms with van der Waals surface area (Å²) in [6, 6.07) is -0.859. The van der Waals surface area contributed by atoms with E-state index in [-0.39, 0.29) is 74.5 Å². The standard InChI is InChI=1S/C11H13N5O6S.K/c1-21-15-8(6-4-23-11(12)14-6)9(19)13-5-2-16(10(5)20)22-3-7(17)18;/h4-5H,2-3H2,1H3,(H2,12,14)(H,13,19)(H,17,18);/q;+1/p-1/b15-8+;/t5-;/m0./s1. The molecule has 3 N–H and O–H groups in total. The van der Waals surface area contributed by atoms with Crippen LogP contribution in [0.2, 0.25) is 0 Å². The number of oxime groups is 1. The van der Waals surface area contributed by atoms with Crippen molar-refractivity contribution in [2.45, 2.75) is 6.04 Å². The van der Waals surface area contributed by atoms with E-state index >= 15 is 0 Å². The number of nitrogens with zero attached hydrogens (tertiary/aromatic N) is 3. The number of carboxylic acid groups (broad SMARTS) is 1. The number of nitrogen functional groups attached to an aromatic ring is 1. The van der Waals surface area contributed by atoms with Gasteiger partial charge in [0.25, 0.3) is 11.8 Å². The number of hydrogen-bond donors (Lipinski definition) is 2. The molecule has 0 bridgehead atoms. The van der Waals surface area contributed by atoms with Gasteiger partial charge in [0.2, 0.25) is 0 Å². The molecule has 1 aliphatic rings. The predicted octanol–water partition coefficient (Wildman–Crippen LogP) is -5.91. The maximum atomic E-state index is 12.2. The zero-order chi connectivity index (χ0) is 17.0. The van der Waals surface area contributed by atoms with Crippen LogP contribution >= 0.6 is 11.3 Å². The summed E-state index contributed by atoms with van der Waals surface area (Å²) in [7, 11) is 1.26. The van der Waals surface area contributed by atoms with E-state index in [0.717, 1.165) is 16.4 Å². The summed E-state index contributed by atoms with van der Waals surface area (Å²) in [5.41, 5.74) is 5.57. The van der Waals surface area contributed by atoms with Gasteiger partial charge in [0.15, 0.2) is 10.8 Å². The minimum absolute atomic E-state index is 0. The van der Waals surface area contributed by atoms with Crippen molar-refractivity contribution in [1.82, 2.24) is 15.4 Å². The molecule has 0 saturated carbocycles. The zero-order valence-electron chi connectivity index (χ0n) is 12.8. The van der Waals surface area contributed by atoms with Crippen molar-refractivity contribution in [2.24, 2.45) is 5.16 Å². The quantitative estimate of drug-likeness (QED) is 0.204. The third-order valence-electron chi connectivity index (χ3n) is 2.70. The first-order valence-electron chi connectivity index (χ1n) is 6.20. The number of nitrogens with one attached hydrogen (secondary N) is 1. The first-order chi connectivity index (χ1) is 10.9. The van der Waals surface area contributed by atoms with Gasteiger partial charge < -0.3 is 25.8 Å². The number of amides is 2. The van der Waals surface area contributed by atoms with E-state index in [0.29, 0.717) is 0 Å². The normalized spacial score (nSPS) is 16.9. The molecule has 124 valence electrons. The van der Waals surface area contributed by atoms with Gasteiger partial charge in [0, 0.05) is 5.38 Å². The Labute approximate surface area is 182 Å². The summed E-state index contributed by atoms with van der Waals surface area (Å²) in [5.74, 6) is -2.73. The van der Waals surface area contributed by atoms with E-state index in [2.05, 4.69) is 25.1 Å². The zero-order valence-corrected chi connectivity index (χ0v) is 16.8. The van der Waals surface area contributed by atoms with Crippen molar-refractivity contribution >= 4 is 40.0 Å². The van der Waals surface area contributed by atoms with E-state index in [1.807, 2.05) is 0 Å². The van der Waals surface area contributed by atoms with Crippen LogP contribution < -0.4 is 67.5 Å². The van der Waals surface area contributed by atoms with Gasteiger partial charge >= 0.3 is 51.4 Å². The topological polar surface area (TPSA) is 159 Å². The molecule has 1 fully saturated rings. The van der Waals surface area contributed by atoms with Gasteiger partial charge in [-0.1, -0.05) is 5.16 Å². The fourth-order valence-corrected chi connectivity index (χ4v) is 2.22. The van der Waals surface area contributed by atoms with Crippen LogP contribution in [0.4, 0.5) is 5.13 Å². The second-order valence-electron chi connectivity index (χ2n) is 4.26. The number of carbonyl (C=O) groups is 3. The number of rotatable bonds is 7. The van der Waals surface area contributed by atoms with Crippen molar-refractivity contribution < 1.29 is 80.5 Å². The summed E-state index contributed by atoms with van der Waals surface area (Å²) < 4.78 is 0. The van der Waals surface area contributed by atoms with Gasteiger partial charge in [-0.05, 0) is 0 Å². The molecule has 2 amide bonds. The van der Waals surface area contributed by atoms with Crippen LogP contribution in [-0.4, -0.2) is 59.8 Å². The molecule has 13 heteroatoms. The Kier molecular flexibility index (Phi) is 8.21. The number of aromatic nitrogens is 1. The Morgan fingerprint density at radius 1 is 1.62 bits per heavy atom. The molecule has 2 rings (SSSR count). The van der Waals surface area contributed by atoms with Gasteiger partial charge in [-0.25, -0.2) is 10.0 Å². The summed E-state index contributed by atoms with van der Waals surface area (Å²) in [6.07, 6.45) is 0. The van der Waals surface area contributed by atoms with Gasteiger partial charge in [-0.2, -0.15) is 0 Å². The Bertz CT molecular complexity index is 665. The Morgan fingerprint density at radius 3 is 2.83 bits per heavy atom. The first-order valence-corrected chi connectivity index (χ1v) is 7.08. The van der Waals surface area contributed by atoms with Crippen LogP contribution in [0.5, 0.6) is 0 Å². The van der Waals surface area contributed by atoms with Crippen LogP contribution in [-0.2, 0) is 24.1 Å². The monoisotopic (exact) mass is 381 g/mol. The van der Waals surface area contributed by atoms with E-state index < -0.39 is 30.4 Å². The minimum atomic E-state index is -1.46. The van der Waals surface area contributed by atoms with Gasteiger partial charge in [0.1, 0.15) is 25.5 Å². The number of aliphatic carboxylic acids is 1. The van der Waals surface area contributed by atoms with Crippen molar-refractivity contribution in [3.8, 4) is 0 Å². The predicted molar refractivity (Wildman–Crippen MR) is 74.7 cm³/mol. The SMILES string of the molecule is CO/N=C(/C(=O)N[C@H]1CN(OCC(=O)[O-])C1=O)c1csc(N)n1.[K+]. The second-order valence-corrected chi connectivity index (χ2v) is 5.15. The van der Waals surface area contributed by atoms with Crippen molar-refractivity contribution in [2.75, 3.05) is 26.0 Å². The number of hydroxylamine groups is 2. The number of hydrogen-bond acceptors (Lipinski definition) is 10. The molecule has 0 aliphatic carbocycles. The van der Waals surface area contributed by atoms with Crippen LogP contribution in [0.1, 0.15) is 5.69 Å². The molecule has 0 spiro atoms. The van der Waals surface area contributed by atoms with E-state index in [1.54, 1.807) is 0 Å². The Morgan fingerprint density at radius 2 is 2.33 bits per heavy atom. The summed E-state index contributed by atoms with van der Waals surface area (Å²) in [6.45, 7) is -0.752. The van der Waals surface area contributed by atoms with Crippen molar-refractivity contribution in [3.63, 3.8) is 0 Å². The Hall–Kier alpha value is -1.09. The molecule has 2 heterocycles. The number of β-lactam (4-membered cyclic amide) rings is 1. The van der Waals surface area contributed by atoms with Crippen molar-refractivity contribution in [1.29, 1.82) is 0 Å². The third-order valence-corrected chi connectivity index (χ3v) is 3.37. The first kappa shape index (κ1) is 21.0. The Balaban J connectivity index is 0.00000288. The maximum Gasteiger partial charge on any atom is 1.00 e. The smallest absolute Gasteiger partial charge is 0.548 e. The van der Waals surface area contributed by atoms with E-state index in [4.69, 9.17) is 5.73 Å². The molecular formula is C11H12KN5O6S. The molecule has 0 unspecified atom stereocenters. The van der Waals surface area contributed by atoms with Gasteiger partial charge in [-0.3, -0.25) is 14.4 Å². The summed E-state index contributed by atoms with van der Waals surface area (Å²) >= 11 is 1.12. The molecular weight excluding hydrogens is 369 g/mol. The van der Waals surface area contributed by atoms with E-state index in [1.165, 1.54) is 12.5 Å². The van der Waals surface area contributed by atoms with Gasteiger partial charge in [-0.15, -0.1) is 11.3 Å². The van der Waals surface area contributed by atoms with Gasteiger partial charge in [0.05, 0.1) is 12.5 Å². The number of carbonyl (C=O) groups excluding carboxylic acids is 3. The summed E-state index contributed by atoms with van der Waals surface area (Å²) in [5, 5.41) is 18.8. The molecule has 11 nitrogen and oxygen atoms in total. The molecule has 1 aliphatic heterocycles. The molecule has 1 saturated heterocycles. The molecule has 24 heavy (non-hydrogen) atoms. The maximum absolute atomic E-state index is 12.2. The van der Waals surface area contributed by atoms with Crippen LogP contribution in [0.15, 0.2) is 10.5 Å². The summed E-state index contributed by atoms with van der Waals surface area (Å²) in [4.78, 5) is 47.2. The average Bonchev–Trinajstić information content (AvgIpc) is 2.92. The second kappa shape index (κ2) is 9.41. The minimum Gasteiger partial charge on any atom is -0.548 e. The largest absolute Gasteiger partial charge is 1.00 e. The molecule has 1 atom stereocenters. The molecule has 1 aromatic rings. The van der Waals surface area contributed by atoms with Crippen LogP contribution in [0.3, 0.4) is 0 Å². The molecule has 1 aromatic heterocycles. The third kappa shape index (κ3) is 5.20.